The standard InChI is InChI=1S/C12H23NO/c14-9-12(10-3-1-4-10)11-5-2-7-13-8-6-11/h10-14H,1-9H2. The highest BCUT2D eigenvalue weighted by atomic mass is 16.3. The van der Waals surface area contributed by atoms with Gasteiger partial charge >= 0.3 is 0 Å². The van der Waals surface area contributed by atoms with Gasteiger partial charge in [-0.3, -0.25) is 0 Å². The van der Waals surface area contributed by atoms with Crippen LogP contribution in [0.3, 0.4) is 0 Å². The van der Waals surface area contributed by atoms with Gasteiger partial charge in [0.05, 0.1) is 0 Å². The first-order valence-corrected chi connectivity index (χ1v) is 6.23. The van der Waals surface area contributed by atoms with E-state index in [0.29, 0.717) is 12.5 Å². The monoisotopic (exact) mass is 197 g/mol. The SMILES string of the molecule is OCC(C1CCC1)C1CCCNCC1. The molecule has 2 nitrogen and oxygen atoms in total. The lowest BCUT2D eigenvalue weighted by molar-refractivity contribution is 0.0707. The zero-order valence-electron chi connectivity index (χ0n) is 9.04. The molecule has 2 unspecified atom stereocenters. The summed E-state index contributed by atoms with van der Waals surface area (Å²) in [4.78, 5) is 0. The van der Waals surface area contributed by atoms with Gasteiger partial charge in [0.1, 0.15) is 0 Å². The number of aliphatic hydroxyl groups is 1. The van der Waals surface area contributed by atoms with Gasteiger partial charge in [-0.1, -0.05) is 19.3 Å². The molecule has 0 aromatic carbocycles. The van der Waals surface area contributed by atoms with E-state index in [1.807, 2.05) is 0 Å². The largest absolute Gasteiger partial charge is 0.396 e. The molecule has 2 heteroatoms. The minimum absolute atomic E-state index is 0.426. The van der Waals surface area contributed by atoms with Crippen LogP contribution in [0.15, 0.2) is 0 Å². The van der Waals surface area contributed by atoms with Crippen LogP contribution in [0.4, 0.5) is 0 Å². The van der Waals surface area contributed by atoms with E-state index in [-0.39, 0.29) is 0 Å². The van der Waals surface area contributed by atoms with Crippen molar-refractivity contribution in [3.8, 4) is 0 Å². The molecule has 1 aliphatic heterocycles. The third kappa shape index (κ3) is 2.29. The van der Waals surface area contributed by atoms with Crippen molar-refractivity contribution in [1.29, 1.82) is 0 Å². The number of aliphatic hydroxyl groups excluding tert-OH is 1. The zero-order chi connectivity index (χ0) is 9.80. The molecule has 0 amide bonds. The van der Waals surface area contributed by atoms with Crippen LogP contribution < -0.4 is 5.32 Å². The second-order valence-corrected chi connectivity index (χ2v) is 4.98. The third-order valence-electron chi connectivity index (χ3n) is 4.19. The molecule has 1 aliphatic carbocycles. The fourth-order valence-electron chi connectivity index (χ4n) is 3.03. The van der Waals surface area contributed by atoms with Crippen LogP contribution in [-0.4, -0.2) is 24.8 Å². The Balaban J connectivity index is 1.87. The maximum absolute atomic E-state index is 9.49. The van der Waals surface area contributed by atoms with E-state index in [1.54, 1.807) is 0 Å². The summed E-state index contributed by atoms with van der Waals surface area (Å²) in [7, 11) is 0. The maximum Gasteiger partial charge on any atom is 0.0464 e. The lowest BCUT2D eigenvalue weighted by Crippen LogP contribution is -2.31. The summed E-state index contributed by atoms with van der Waals surface area (Å²) in [5.74, 6) is 2.26. The molecule has 0 spiro atoms. The Morgan fingerprint density at radius 2 is 1.71 bits per heavy atom. The second kappa shape index (κ2) is 5.13. The van der Waals surface area contributed by atoms with Crippen LogP contribution in [0.25, 0.3) is 0 Å². The quantitative estimate of drug-likeness (QED) is 0.723. The minimum Gasteiger partial charge on any atom is -0.396 e. The van der Waals surface area contributed by atoms with Gasteiger partial charge in [0.15, 0.2) is 0 Å². The zero-order valence-corrected chi connectivity index (χ0v) is 9.04. The summed E-state index contributed by atoms with van der Waals surface area (Å²) in [5, 5.41) is 12.9. The minimum atomic E-state index is 0.426. The van der Waals surface area contributed by atoms with E-state index in [0.717, 1.165) is 18.4 Å². The number of nitrogens with one attached hydrogen (secondary N) is 1. The van der Waals surface area contributed by atoms with Gasteiger partial charge in [-0.25, -0.2) is 0 Å². The molecule has 2 rings (SSSR count). The Labute approximate surface area is 87.1 Å². The summed E-state index contributed by atoms with van der Waals surface area (Å²) >= 11 is 0. The van der Waals surface area contributed by atoms with Crippen LogP contribution in [0.1, 0.15) is 38.5 Å². The molecule has 2 N–H and O–H groups in total. The molecule has 0 aromatic heterocycles. The maximum atomic E-state index is 9.49. The van der Waals surface area contributed by atoms with Gasteiger partial charge in [-0.2, -0.15) is 0 Å². The van der Waals surface area contributed by atoms with Crippen LogP contribution in [0, 0.1) is 17.8 Å². The van der Waals surface area contributed by atoms with Crippen molar-refractivity contribution in [1.82, 2.24) is 5.32 Å². The molecule has 2 atom stereocenters. The van der Waals surface area contributed by atoms with Gasteiger partial charge in [-0.15, -0.1) is 0 Å². The predicted octanol–water partition coefficient (Wildman–Crippen LogP) is 1.78. The molecular weight excluding hydrogens is 174 g/mol. The molecule has 82 valence electrons. The topological polar surface area (TPSA) is 32.3 Å². The van der Waals surface area contributed by atoms with Crippen LogP contribution in [-0.2, 0) is 0 Å². The Morgan fingerprint density at radius 1 is 1.00 bits per heavy atom. The number of hydrogen-bond donors (Lipinski definition) is 2. The summed E-state index contributed by atoms with van der Waals surface area (Å²) in [5.41, 5.74) is 0. The molecular formula is C12H23NO. The van der Waals surface area contributed by atoms with Crippen molar-refractivity contribution in [2.75, 3.05) is 19.7 Å². The molecule has 2 fully saturated rings. The van der Waals surface area contributed by atoms with E-state index in [4.69, 9.17) is 0 Å². The average molecular weight is 197 g/mol. The molecule has 1 heterocycles. The van der Waals surface area contributed by atoms with Gasteiger partial charge in [0.2, 0.25) is 0 Å². The summed E-state index contributed by atoms with van der Waals surface area (Å²) in [6.45, 7) is 2.77. The Morgan fingerprint density at radius 3 is 2.36 bits per heavy atom. The second-order valence-electron chi connectivity index (χ2n) is 4.98. The molecule has 0 radical (unpaired) electrons. The van der Waals surface area contributed by atoms with Crippen molar-refractivity contribution >= 4 is 0 Å². The van der Waals surface area contributed by atoms with E-state index >= 15 is 0 Å². The Kier molecular flexibility index (Phi) is 3.82. The lowest BCUT2D eigenvalue weighted by atomic mass is 9.69. The predicted molar refractivity (Wildman–Crippen MR) is 58.1 cm³/mol. The van der Waals surface area contributed by atoms with Crippen molar-refractivity contribution < 1.29 is 5.11 Å². The van der Waals surface area contributed by atoms with Crippen LogP contribution >= 0.6 is 0 Å². The fraction of sp³-hybridized carbons (Fsp3) is 1.00. The lowest BCUT2D eigenvalue weighted by Gasteiger charge is -2.37. The van der Waals surface area contributed by atoms with E-state index in [1.165, 1.54) is 45.1 Å². The van der Waals surface area contributed by atoms with E-state index < -0.39 is 0 Å². The first kappa shape index (κ1) is 10.4. The number of rotatable bonds is 3. The van der Waals surface area contributed by atoms with Crippen molar-refractivity contribution in [3.05, 3.63) is 0 Å². The van der Waals surface area contributed by atoms with Gasteiger partial charge in [-0.05, 0) is 50.1 Å². The smallest absolute Gasteiger partial charge is 0.0464 e. The summed E-state index contributed by atoms with van der Waals surface area (Å²) in [6, 6.07) is 0. The number of hydrogen-bond acceptors (Lipinski definition) is 2. The van der Waals surface area contributed by atoms with Crippen LogP contribution in [0.5, 0.6) is 0 Å². The van der Waals surface area contributed by atoms with Crippen molar-refractivity contribution in [2.45, 2.75) is 38.5 Å². The van der Waals surface area contributed by atoms with Crippen LogP contribution in [0.2, 0.25) is 0 Å². The Hall–Kier alpha value is -0.0800. The normalized spacial score (nSPS) is 31.9. The van der Waals surface area contributed by atoms with Crippen molar-refractivity contribution in [3.63, 3.8) is 0 Å². The molecule has 1 saturated carbocycles. The van der Waals surface area contributed by atoms with Gasteiger partial charge in [0.25, 0.3) is 0 Å². The average Bonchev–Trinajstić information content (AvgIpc) is 2.38. The highest BCUT2D eigenvalue weighted by Gasteiger charge is 2.32. The van der Waals surface area contributed by atoms with E-state index in [2.05, 4.69) is 5.32 Å². The molecule has 0 aromatic rings. The van der Waals surface area contributed by atoms with Crippen molar-refractivity contribution in [2.24, 2.45) is 17.8 Å². The molecule has 1 saturated heterocycles. The highest BCUT2D eigenvalue weighted by molar-refractivity contribution is 4.83. The summed E-state index contributed by atoms with van der Waals surface area (Å²) < 4.78 is 0. The fourth-order valence-corrected chi connectivity index (χ4v) is 3.03. The first-order valence-electron chi connectivity index (χ1n) is 6.23. The molecule has 14 heavy (non-hydrogen) atoms. The Bertz CT molecular complexity index is 160. The van der Waals surface area contributed by atoms with Gasteiger partial charge in [0, 0.05) is 6.61 Å². The van der Waals surface area contributed by atoms with Gasteiger partial charge < -0.3 is 10.4 Å². The molecule has 2 aliphatic rings. The first-order chi connectivity index (χ1) is 6.92. The highest BCUT2D eigenvalue weighted by Crippen LogP contribution is 2.39. The molecule has 0 bridgehead atoms. The third-order valence-corrected chi connectivity index (χ3v) is 4.19. The summed E-state index contributed by atoms with van der Waals surface area (Å²) in [6.07, 6.45) is 8.04. The van der Waals surface area contributed by atoms with E-state index in [9.17, 15) is 5.11 Å².